The van der Waals surface area contributed by atoms with Gasteiger partial charge < -0.3 is 11.1 Å². The number of nitrogens with one attached hydrogen (secondary N) is 1. The van der Waals surface area contributed by atoms with Gasteiger partial charge in [0.25, 0.3) is 0 Å². The van der Waals surface area contributed by atoms with Gasteiger partial charge in [-0.05, 0) is 44.1 Å². The highest BCUT2D eigenvalue weighted by molar-refractivity contribution is 5.85. The minimum Gasteiger partial charge on any atom is -0.368 e. The van der Waals surface area contributed by atoms with Crippen LogP contribution in [0.1, 0.15) is 45.4 Å². The summed E-state index contributed by atoms with van der Waals surface area (Å²) in [7, 11) is 0. The van der Waals surface area contributed by atoms with Gasteiger partial charge in [0.15, 0.2) is 0 Å². The number of hydrogen-bond donors (Lipinski definition) is 2. The Morgan fingerprint density at radius 2 is 2.13 bits per heavy atom. The Hall–Kier alpha value is -0.570. The summed E-state index contributed by atoms with van der Waals surface area (Å²) in [5.74, 6) is 1.05. The van der Waals surface area contributed by atoms with E-state index in [0.717, 1.165) is 31.7 Å². The molecule has 2 saturated carbocycles. The molecule has 0 saturated heterocycles. The van der Waals surface area contributed by atoms with Crippen molar-refractivity contribution in [2.75, 3.05) is 6.54 Å². The molecule has 3 N–H and O–H groups in total. The van der Waals surface area contributed by atoms with E-state index in [-0.39, 0.29) is 5.91 Å². The summed E-state index contributed by atoms with van der Waals surface area (Å²) in [4.78, 5) is 11.7. The number of carbonyl (C=O) groups excluding carboxylic acids is 1. The maximum absolute atomic E-state index is 11.7. The number of hydrogen-bond acceptors (Lipinski definition) is 2. The van der Waals surface area contributed by atoms with Gasteiger partial charge in [-0.15, -0.1) is 0 Å². The predicted octanol–water partition coefficient (Wildman–Crippen LogP) is 1.42. The lowest BCUT2D eigenvalue weighted by atomic mass is 9.73. The zero-order chi connectivity index (χ0) is 10.9. The van der Waals surface area contributed by atoms with Gasteiger partial charge in [0.2, 0.25) is 5.91 Å². The van der Waals surface area contributed by atoms with Crippen LogP contribution in [-0.2, 0) is 4.79 Å². The zero-order valence-corrected chi connectivity index (χ0v) is 9.59. The molecule has 15 heavy (non-hydrogen) atoms. The van der Waals surface area contributed by atoms with Gasteiger partial charge >= 0.3 is 0 Å². The van der Waals surface area contributed by atoms with Crippen LogP contribution in [0.3, 0.4) is 0 Å². The summed E-state index contributed by atoms with van der Waals surface area (Å²) in [6.07, 6.45) is 7.05. The molecule has 3 heteroatoms. The fourth-order valence-electron chi connectivity index (χ4n) is 2.71. The second kappa shape index (κ2) is 4.12. The lowest BCUT2D eigenvalue weighted by molar-refractivity contribution is -0.128. The highest BCUT2D eigenvalue weighted by atomic mass is 16.1. The van der Waals surface area contributed by atoms with Gasteiger partial charge in [-0.2, -0.15) is 0 Å². The Bertz CT molecular complexity index is 250. The largest absolute Gasteiger partial charge is 0.368 e. The second-order valence-electron chi connectivity index (χ2n) is 5.31. The molecule has 2 rings (SSSR count). The minimum absolute atomic E-state index is 0.143. The standard InChI is InChI=1S/C12H22N2O/c1-9-4-2-3-7-12(9,11(13)15)14-8-10-5-6-10/h9-10,14H,2-8H2,1H3,(H2,13,15). The maximum atomic E-state index is 11.7. The van der Waals surface area contributed by atoms with Gasteiger partial charge in [-0.3, -0.25) is 4.79 Å². The summed E-state index contributed by atoms with van der Waals surface area (Å²) in [6, 6.07) is 0. The molecular formula is C12H22N2O. The Morgan fingerprint density at radius 1 is 1.40 bits per heavy atom. The van der Waals surface area contributed by atoms with E-state index in [2.05, 4.69) is 12.2 Å². The Balaban J connectivity index is 2.02. The number of primary amides is 1. The van der Waals surface area contributed by atoms with Crippen LogP contribution in [0, 0.1) is 11.8 Å². The van der Waals surface area contributed by atoms with Crippen LogP contribution in [0.15, 0.2) is 0 Å². The van der Waals surface area contributed by atoms with Crippen LogP contribution in [0.25, 0.3) is 0 Å². The third-order valence-corrected chi connectivity index (χ3v) is 4.14. The van der Waals surface area contributed by atoms with Crippen molar-refractivity contribution in [3.63, 3.8) is 0 Å². The van der Waals surface area contributed by atoms with Crippen molar-refractivity contribution in [3.8, 4) is 0 Å². The van der Waals surface area contributed by atoms with Crippen LogP contribution < -0.4 is 11.1 Å². The van der Waals surface area contributed by atoms with E-state index in [9.17, 15) is 4.79 Å². The molecule has 2 aliphatic carbocycles. The SMILES string of the molecule is CC1CCCCC1(NCC1CC1)C(N)=O. The Morgan fingerprint density at radius 3 is 2.67 bits per heavy atom. The Kier molecular flexibility index (Phi) is 3.01. The van der Waals surface area contributed by atoms with E-state index in [1.54, 1.807) is 0 Å². The number of amides is 1. The van der Waals surface area contributed by atoms with Crippen LogP contribution in [-0.4, -0.2) is 18.0 Å². The first-order valence-corrected chi connectivity index (χ1v) is 6.20. The second-order valence-corrected chi connectivity index (χ2v) is 5.31. The molecule has 0 spiro atoms. The van der Waals surface area contributed by atoms with Crippen molar-refractivity contribution < 1.29 is 4.79 Å². The average molecular weight is 210 g/mol. The molecule has 0 aromatic carbocycles. The van der Waals surface area contributed by atoms with Crippen molar-refractivity contribution in [3.05, 3.63) is 0 Å². The van der Waals surface area contributed by atoms with E-state index >= 15 is 0 Å². The van der Waals surface area contributed by atoms with Gasteiger partial charge in [0.1, 0.15) is 5.54 Å². The van der Waals surface area contributed by atoms with Crippen LogP contribution >= 0.6 is 0 Å². The first kappa shape index (κ1) is 10.9. The molecule has 0 aromatic heterocycles. The molecule has 3 nitrogen and oxygen atoms in total. The van der Waals surface area contributed by atoms with E-state index in [1.165, 1.54) is 19.3 Å². The molecule has 0 bridgehead atoms. The van der Waals surface area contributed by atoms with Gasteiger partial charge in [0.05, 0.1) is 0 Å². The quantitative estimate of drug-likeness (QED) is 0.737. The molecule has 2 aliphatic rings. The molecule has 0 aromatic rings. The minimum atomic E-state index is -0.402. The molecule has 2 fully saturated rings. The summed E-state index contributed by atoms with van der Waals surface area (Å²) in [6.45, 7) is 3.14. The third-order valence-electron chi connectivity index (χ3n) is 4.14. The van der Waals surface area contributed by atoms with E-state index in [1.807, 2.05) is 0 Å². The summed E-state index contributed by atoms with van der Waals surface area (Å²) in [5, 5.41) is 3.47. The predicted molar refractivity (Wildman–Crippen MR) is 60.3 cm³/mol. The monoisotopic (exact) mass is 210 g/mol. The highest BCUT2D eigenvalue weighted by Gasteiger charge is 2.43. The van der Waals surface area contributed by atoms with Crippen LogP contribution in [0.5, 0.6) is 0 Å². The molecule has 2 unspecified atom stereocenters. The highest BCUT2D eigenvalue weighted by Crippen LogP contribution is 2.35. The average Bonchev–Trinajstić information content (AvgIpc) is 3.00. The van der Waals surface area contributed by atoms with Crippen molar-refractivity contribution in [2.24, 2.45) is 17.6 Å². The molecule has 0 heterocycles. The van der Waals surface area contributed by atoms with E-state index < -0.39 is 5.54 Å². The number of rotatable bonds is 4. The molecular weight excluding hydrogens is 188 g/mol. The van der Waals surface area contributed by atoms with E-state index in [0.29, 0.717) is 5.92 Å². The maximum Gasteiger partial charge on any atom is 0.238 e. The lowest BCUT2D eigenvalue weighted by Gasteiger charge is -2.41. The lowest BCUT2D eigenvalue weighted by Crippen LogP contribution is -2.61. The molecule has 0 radical (unpaired) electrons. The molecule has 86 valence electrons. The topological polar surface area (TPSA) is 55.1 Å². The van der Waals surface area contributed by atoms with Crippen molar-refractivity contribution in [1.29, 1.82) is 0 Å². The van der Waals surface area contributed by atoms with Gasteiger partial charge in [0, 0.05) is 0 Å². The summed E-state index contributed by atoms with van der Waals surface area (Å²) >= 11 is 0. The van der Waals surface area contributed by atoms with Gasteiger partial charge in [-0.25, -0.2) is 0 Å². The molecule has 2 atom stereocenters. The third kappa shape index (κ3) is 2.17. The number of carbonyl (C=O) groups is 1. The Labute approximate surface area is 91.8 Å². The zero-order valence-electron chi connectivity index (χ0n) is 9.59. The fraction of sp³-hybridized carbons (Fsp3) is 0.917. The first-order chi connectivity index (χ1) is 7.15. The van der Waals surface area contributed by atoms with Crippen molar-refractivity contribution >= 4 is 5.91 Å². The number of nitrogens with two attached hydrogens (primary N) is 1. The summed E-state index contributed by atoms with van der Waals surface area (Å²) in [5.41, 5.74) is 5.20. The van der Waals surface area contributed by atoms with Gasteiger partial charge in [-0.1, -0.05) is 19.8 Å². The van der Waals surface area contributed by atoms with Crippen LogP contribution in [0.4, 0.5) is 0 Å². The van der Waals surface area contributed by atoms with E-state index in [4.69, 9.17) is 5.73 Å². The normalized spacial score (nSPS) is 36.5. The first-order valence-electron chi connectivity index (χ1n) is 6.20. The fourth-order valence-corrected chi connectivity index (χ4v) is 2.71. The van der Waals surface area contributed by atoms with Crippen LogP contribution in [0.2, 0.25) is 0 Å². The van der Waals surface area contributed by atoms with Crippen molar-refractivity contribution in [2.45, 2.75) is 51.0 Å². The summed E-state index contributed by atoms with van der Waals surface area (Å²) < 4.78 is 0. The molecule has 1 amide bonds. The van der Waals surface area contributed by atoms with Crippen molar-refractivity contribution in [1.82, 2.24) is 5.32 Å². The smallest absolute Gasteiger partial charge is 0.238 e. The molecule has 0 aliphatic heterocycles.